The molecule has 1 aromatic rings. The molecule has 2 heterocycles. The van der Waals surface area contributed by atoms with Crippen LogP contribution in [0.4, 0.5) is 5.82 Å². The molecule has 26 heavy (non-hydrogen) atoms. The SMILES string of the molecule is CS(=O)(=O)c1cccnc1N1CCN(C(=O)CCC2CCCCC2)CC1. The highest BCUT2D eigenvalue weighted by Crippen LogP contribution is 2.28. The summed E-state index contributed by atoms with van der Waals surface area (Å²) >= 11 is 0. The molecule has 0 radical (unpaired) electrons. The van der Waals surface area contributed by atoms with E-state index < -0.39 is 9.84 Å². The van der Waals surface area contributed by atoms with Crippen LogP contribution in [0.1, 0.15) is 44.9 Å². The topological polar surface area (TPSA) is 70.6 Å². The van der Waals surface area contributed by atoms with E-state index in [9.17, 15) is 13.2 Å². The number of aromatic nitrogens is 1. The summed E-state index contributed by atoms with van der Waals surface area (Å²) in [6.07, 6.45) is 11.0. The molecule has 1 aliphatic heterocycles. The van der Waals surface area contributed by atoms with Crippen molar-refractivity contribution in [1.29, 1.82) is 0 Å². The van der Waals surface area contributed by atoms with Crippen LogP contribution >= 0.6 is 0 Å². The molecule has 2 fully saturated rings. The number of piperazine rings is 1. The average molecular weight is 380 g/mol. The number of nitrogens with zero attached hydrogens (tertiary/aromatic N) is 3. The molecule has 0 N–H and O–H groups in total. The normalized spacial score (nSPS) is 19.6. The summed E-state index contributed by atoms with van der Waals surface area (Å²) in [7, 11) is -3.32. The number of rotatable bonds is 5. The molecule has 0 spiro atoms. The molecule has 1 aromatic heterocycles. The molecule has 0 atom stereocenters. The molecule has 6 nitrogen and oxygen atoms in total. The molecular formula is C19H29N3O3S. The number of anilines is 1. The van der Waals surface area contributed by atoms with Crippen LogP contribution in [0, 0.1) is 5.92 Å². The zero-order valence-corrected chi connectivity index (χ0v) is 16.4. The Labute approximate surface area is 156 Å². The summed E-state index contributed by atoms with van der Waals surface area (Å²) in [6, 6.07) is 3.24. The lowest BCUT2D eigenvalue weighted by molar-refractivity contribution is -0.131. The van der Waals surface area contributed by atoms with Gasteiger partial charge in [-0.1, -0.05) is 32.1 Å². The van der Waals surface area contributed by atoms with Crippen molar-refractivity contribution in [3.05, 3.63) is 18.3 Å². The molecule has 2 aliphatic rings. The van der Waals surface area contributed by atoms with Crippen LogP contribution in [0.15, 0.2) is 23.2 Å². The van der Waals surface area contributed by atoms with Crippen molar-refractivity contribution >= 4 is 21.6 Å². The molecular weight excluding hydrogens is 350 g/mol. The maximum Gasteiger partial charge on any atom is 0.222 e. The second kappa shape index (κ2) is 8.37. The highest BCUT2D eigenvalue weighted by atomic mass is 32.2. The second-order valence-electron chi connectivity index (χ2n) is 7.51. The van der Waals surface area contributed by atoms with Gasteiger partial charge in [0.2, 0.25) is 5.91 Å². The quantitative estimate of drug-likeness (QED) is 0.786. The van der Waals surface area contributed by atoms with Gasteiger partial charge in [-0.25, -0.2) is 13.4 Å². The van der Waals surface area contributed by atoms with Crippen molar-refractivity contribution in [2.45, 2.75) is 49.8 Å². The van der Waals surface area contributed by atoms with Gasteiger partial charge in [-0.2, -0.15) is 0 Å². The van der Waals surface area contributed by atoms with Crippen molar-refractivity contribution in [3.63, 3.8) is 0 Å². The number of sulfone groups is 1. The monoisotopic (exact) mass is 379 g/mol. The van der Waals surface area contributed by atoms with E-state index in [1.165, 1.54) is 38.4 Å². The summed E-state index contributed by atoms with van der Waals surface area (Å²) in [5.41, 5.74) is 0. The number of pyridine rings is 1. The van der Waals surface area contributed by atoms with Gasteiger partial charge in [-0.15, -0.1) is 0 Å². The highest BCUT2D eigenvalue weighted by Gasteiger charge is 2.26. The minimum absolute atomic E-state index is 0.236. The van der Waals surface area contributed by atoms with E-state index in [1.807, 2.05) is 9.80 Å². The van der Waals surface area contributed by atoms with Crippen LogP contribution in [-0.4, -0.2) is 56.6 Å². The van der Waals surface area contributed by atoms with Crippen molar-refractivity contribution in [1.82, 2.24) is 9.88 Å². The van der Waals surface area contributed by atoms with Gasteiger partial charge >= 0.3 is 0 Å². The fraction of sp³-hybridized carbons (Fsp3) is 0.684. The summed E-state index contributed by atoms with van der Waals surface area (Å²) < 4.78 is 23.9. The zero-order valence-electron chi connectivity index (χ0n) is 15.6. The van der Waals surface area contributed by atoms with E-state index in [2.05, 4.69) is 4.98 Å². The highest BCUT2D eigenvalue weighted by molar-refractivity contribution is 7.90. The predicted octanol–water partition coefficient (Wildman–Crippen LogP) is 2.49. The fourth-order valence-electron chi connectivity index (χ4n) is 4.04. The van der Waals surface area contributed by atoms with Gasteiger partial charge in [-0.3, -0.25) is 4.79 Å². The molecule has 1 amide bonds. The summed E-state index contributed by atoms with van der Waals surface area (Å²) in [5, 5.41) is 0. The lowest BCUT2D eigenvalue weighted by Gasteiger charge is -2.36. The summed E-state index contributed by atoms with van der Waals surface area (Å²) in [6.45, 7) is 2.50. The standard InChI is InChI=1S/C19H29N3O3S/c1-26(24,25)17-8-5-11-20-19(17)22-14-12-21(13-15-22)18(23)10-9-16-6-3-2-4-7-16/h5,8,11,16H,2-4,6-7,9-10,12-15H2,1H3. The largest absolute Gasteiger partial charge is 0.352 e. The van der Waals surface area contributed by atoms with Crippen LogP contribution in [0.2, 0.25) is 0 Å². The van der Waals surface area contributed by atoms with Crippen LogP contribution < -0.4 is 4.90 Å². The van der Waals surface area contributed by atoms with Crippen LogP contribution in [0.25, 0.3) is 0 Å². The third-order valence-corrected chi connectivity index (χ3v) is 6.69. The van der Waals surface area contributed by atoms with E-state index in [1.54, 1.807) is 18.3 Å². The van der Waals surface area contributed by atoms with Gasteiger partial charge in [0.15, 0.2) is 9.84 Å². The first kappa shape index (κ1) is 19.1. The first-order valence-electron chi connectivity index (χ1n) is 9.63. The first-order chi connectivity index (χ1) is 12.4. The van der Waals surface area contributed by atoms with Gasteiger partial charge in [0.1, 0.15) is 10.7 Å². The van der Waals surface area contributed by atoms with E-state index in [0.717, 1.165) is 12.3 Å². The second-order valence-corrected chi connectivity index (χ2v) is 9.49. The molecule has 144 valence electrons. The lowest BCUT2D eigenvalue weighted by Crippen LogP contribution is -2.49. The molecule has 0 bridgehead atoms. The third-order valence-electron chi connectivity index (χ3n) is 5.57. The van der Waals surface area contributed by atoms with Crippen LogP contribution in [0.5, 0.6) is 0 Å². The third kappa shape index (κ3) is 4.75. The average Bonchev–Trinajstić information content (AvgIpc) is 2.66. The molecule has 0 aromatic carbocycles. The zero-order chi connectivity index (χ0) is 18.6. The van der Waals surface area contributed by atoms with Gasteiger partial charge in [0, 0.05) is 45.1 Å². The molecule has 3 rings (SSSR count). The minimum atomic E-state index is -3.32. The molecule has 1 saturated heterocycles. The molecule has 1 aliphatic carbocycles. The van der Waals surface area contributed by atoms with Crippen molar-refractivity contribution < 1.29 is 13.2 Å². The van der Waals surface area contributed by atoms with Crippen LogP contribution in [-0.2, 0) is 14.6 Å². The fourth-order valence-corrected chi connectivity index (χ4v) is 4.88. The van der Waals surface area contributed by atoms with Gasteiger partial charge < -0.3 is 9.80 Å². The van der Waals surface area contributed by atoms with E-state index >= 15 is 0 Å². The first-order valence-corrected chi connectivity index (χ1v) is 11.5. The Balaban J connectivity index is 1.53. The Bertz CT molecular complexity index is 721. The Morgan fingerprint density at radius 3 is 2.50 bits per heavy atom. The molecule has 0 unspecified atom stereocenters. The van der Waals surface area contributed by atoms with E-state index in [4.69, 9.17) is 0 Å². The van der Waals surface area contributed by atoms with Gasteiger partial charge in [0.25, 0.3) is 0 Å². The Hall–Kier alpha value is -1.63. The minimum Gasteiger partial charge on any atom is -0.352 e. The number of hydrogen-bond donors (Lipinski definition) is 0. The molecule has 1 saturated carbocycles. The number of carbonyl (C=O) groups is 1. The summed E-state index contributed by atoms with van der Waals surface area (Å²) in [5.74, 6) is 1.46. The summed E-state index contributed by atoms with van der Waals surface area (Å²) in [4.78, 5) is 20.9. The number of amides is 1. The van der Waals surface area contributed by atoms with E-state index in [-0.39, 0.29) is 10.8 Å². The van der Waals surface area contributed by atoms with E-state index in [0.29, 0.717) is 38.4 Å². The van der Waals surface area contributed by atoms with Crippen molar-refractivity contribution in [3.8, 4) is 0 Å². The lowest BCUT2D eigenvalue weighted by atomic mass is 9.86. The maximum atomic E-state index is 12.5. The Kier molecular flexibility index (Phi) is 6.16. The number of hydrogen-bond acceptors (Lipinski definition) is 5. The van der Waals surface area contributed by atoms with Crippen molar-refractivity contribution in [2.24, 2.45) is 5.92 Å². The molecule has 7 heteroatoms. The Morgan fingerprint density at radius 2 is 1.85 bits per heavy atom. The van der Waals surface area contributed by atoms with Crippen molar-refractivity contribution in [2.75, 3.05) is 37.3 Å². The smallest absolute Gasteiger partial charge is 0.222 e. The number of carbonyl (C=O) groups excluding carboxylic acids is 1. The Morgan fingerprint density at radius 1 is 1.15 bits per heavy atom. The predicted molar refractivity (Wildman–Crippen MR) is 102 cm³/mol. The maximum absolute atomic E-state index is 12.5. The van der Waals surface area contributed by atoms with Gasteiger partial charge in [-0.05, 0) is 24.5 Å². The van der Waals surface area contributed by atoms with Crippen LogP contribution in [0.3, 0.4) is 0 Å². The van der Waals surface area contributed by atoms with Gasteiger partial charge in [0.05, 0.1) is 0 Å².